The van der Waals surface area contributed by atoms with Gasteiger partial charge in [-0.3, -0.25) is 4.79 Å². The Labute approximate surface area is 130 Å². The summed E-state index contributed by atoms with van der Waals surface area (Å²) < 4.78 is 0. The van der Waals surface area contributed by atoms with Crippen LogP contribution < -0.4 is 0 Å². The van der Waals surface area contributed by atoms with Gasteiger partial charge in [-0.2, -0.15) is 0 Å². The highest BCUT2D eigenvalue weighted by Crippen LogP contribution is 2.36. The van der Waals surface area contributed by atoms with Crippen molar-refractivity contribution in [3.8, 4) is 11.1 Å². The van der Waals surface area contributed by atoms with Crippen molar-refractivity contribution in [2.24, 2.45) is 0 Å². The summed E-state index contributed by atoms with van der Waals surface area (Å²) in [5.41, 5.74) is 6.83. The second kappa shape index (κ2) is 6.31. The van der Waals surface area contributed by atoms with Gasteiger partial charge < -0.3 is 0 Å². The molecule has 2 aromatic rings. The Balaban J connectivity index is 1.69. The minimum atomic E-state index is 0.193. The lowest BCUT2D eigenvalue weighted by molar-refractivity contribution is -0.109. The van der Waals surface area contributed by atoms with E-state index >= 15 is 0 Å². The average Bonchev–Trinajstić information content (AvgIpc) is 2.84. The van der Waals surface area contributed by atoms with Gasteiger partial charge in [0.25, 0.3) is 0 Å². The van der Waals surface area contributed by atoms with E-state index in [1.54, 1.807) is 6.92 Å². The number of fused-ring (bicyclic) bond motifs is 3. The van der Waals surface area contributed by atoms with Gasteiger partial charge in [-0.1, -0.05) is 66.4 Å². The highest BCUT2D eigenvalue weighted by molar-refractivity contribution is 8.13. The molecule has 0 saturated heterocycles. The molecule has 0 aromatic heterocycles. The van der Waals surface area contributed by atoms with Crippen LogP contribution in [0.25, 0.3) is 17.2 Å². The summed E-state index contributed by atoms with van der Waals surface area (Å²) in [5.74, 6) is 0.863. The summed E-state index contributed by atoms with van der Waals surface area (Å²) in [6.45, 7) is 1.62. The number of carbonyl (C=O) groups is 1. The second-order valence-electron chi connectivity index (χ2n) is 5.28. The molecular formula is C19H18OS. The first-order valence-corrected chi connectivity index (χ1v) is 8.24. The zero-order valence-corrected chi connectivity index (χ0v) is 13.0. The molecule has 3 rings (SSSR count). The van der Waals surface area contributed by atoms with Gasteiger partial charge in [0, 0.05) is 12.7 Å². The molecule has 0 unspecified atom stereocenters. The SMILES string of the molecule is CC(=O)SCCC=Cc1ccc2c(c1)Cc1ccccc1-2. The molecule has 0 fully saturated rings. The quantitative estimate of drug-likeness (QED) is 0.634. The minimum Gasteiger partial charge on any atom is -0.288 e. The highest BCUT2D eigenvalue weighted by Gasteiger charge is 2.17. The number of hydrogen-bond acceptors (Lipinski definition) is 2. The fourth-order valence-corrected chi connectivity index (χ4v) is 3.30. The molecule has 1 aliphatic carbocycles. The van der Waals surface area contributed by atoms with Gasteiger partial charge in [-0.05, 0) is 40.7 Å². The van der Waals surface area contributed by atoms with E-state index in [9.17, 15) is 4.79 Å². The van der Waals surface area contributed by atoms with Gasteiger partial charge in [-0.25, -0.2) is 0 Å². The lowest BCUT2D eigenvalue weighted by atomic mass is 10.0. The normalized spacial score (nSPS) is 12.4. The first-order chi connectivity index (χ1) is 10.2. The second-order valence-corrected chi connectivity index (χ2v) is 6.55. The van der Waals surface area contributed by atoms with Crippen molar-refractivity contribution in [1.82, 2.24) is 0 Å². The highest BCUT2D eigenvalue weighted by atomic mass is 32.2. The third-order valence-electron chi connectivity index (χ3n) is 3.72. The topological polar surface area (TPSA) is 17.1 Å². The summed E-state index contributed by atoms with van der Waals surface area (Å²) in [4.78, 5) is 10.9. The maximum absolute atomic E-state index is 10.9. The van der Waals surface area contributed by atoms with Crippen LogP contribution in [0.1, 0.15) is 30.0 Å². The predicted molar refractivity (Wildman–Crippen MR) is 91.5 cm³/mol. The molecule has 1 aliphatic rings. The molecule has 0 saturated carbocycles. The molecule has 0 radical (unpaired) electrons. The van der Waals surface area contributed by atoms with Crippen LogP contribution in [0.4, 0.5) is 0 Å². The number of carbonyl (C=O) groups excluding carboxylic acids is 1. The third kappa shape index (κ3) is 3.27. The molecule has 0 aliphatic heterocycles. The van der Waals surface area contributed by atoms with Crippen LogP contribution in [0.3, 0.4) is 0 Å². The average molecular weight is 294 g/mol. The van der Waals surface area contributed by atoms with Crippen LogP contribution >= 0.6 is 11.8 Å². The zero-order valence-electron chi connectivity index (χ0n) is 12.1. The van der Waals surface area contributed by atoms with Crippen LogP contribution in [0, 0.1) is 0 Å². The molecule has 0 spiro atoms. The Morgan fingerprint density at radius 3 is 2.81 bits per heavy atom. The van der Waals surface area contributed by atoms with Crippen molar-refractivity contribution >= 4 is 23.0 Å². The van der Waals surface area contributed by atoms with Gasteiger partial charge in [0.1, 0.15) is 0 Å². The first kappa shape index (κ1) is 14.2. The molecule has 21 heavy (non-hydrogen) atoms. The molecule has 2 aromatic carbocycles. The maximum Gasteiger partial charge on any atom is 0.185 e. The number of rotatable bonds is 4. The van der Waals surface area contributed by atoms with Gasteiger partial charge in [0.15, 0.2) is 5.12 Å². The molecule has 0 heterocycles. The van der Waals surface area contributed by atoms with Crippen LogP contribution in [0.15, 0.2) is 48.5 Å². The van der Waals surface area contributed by atoms with E-state index in [1.807, 2.05) is 0 Å². The van der Waals surface area contributed by atoms with E-state index in [1.165, 1.54) is 39.6 Å². The fraction of sp³-hybridized carbons (Fsp3) is 0.211. The van der Waals surface area contributed by atoms with Crippen LogP contribution in [-0.4, -0.2) is 10.9 Å². The molecule has 1 nitrogen and oxygen atoms in total. The maximum atomic E-state index is 10.9. The van der Waals surface area contributed by atoms with E-state index in [-0.39, 0.29) is 5.12 Å². The van der Waals surface area contributed by atoms with Gasteiger partial charge >= 0.3 is 0 Å². The fourth-order valence-electron chi connectivity index (χ4n) is 2.76. The smallest absolute Gasteiger partial charge is 0.185 e. The number of allylic oxidation sites excluding steroid dienone is 1. The summed E-state index contributed by atoms with van der Waals surface area (Å²) in [6.07, 6.45) is 6.28. The van der Waals surface area contributed by atoms with Gasteiger partial charge in [0.05, 0.1) is 0 Å². The standard InChI is InChI=1S/C19H18OS/c1-14(20)21-11-5-4-6-15-9-10-19-17(12-15)13-16-7-2-3-8-18(16)19/h2-4,6-10,12H,5,11,13H2,1H3. The molecule has 0 atom stereocenters. The van der Waals surface area contributed by atoms with E-state index in [0.29, 0.717) is 0 Å². The summed E-state index contributed by atoms with van der Waals surface area (Å²) in [5, 5.41) is 0.193. The van der Waals surface area contributed by atoms with Crippen molar-refractivity contribution < 1.29 is 4.79 Å². The van der Waals surface area contributed by atoms with E-state index in [4.69, 9.17) is 0 Å². The van der Waals surface area contributed by atoms with Crippen LogP contribution in [0.2, 0.25) is 0 Å². The molecule has 0 amide bonds. The predicted octanol–water partition coefficient (Wildman–Crippen LogP) is 4.94. The van der Waals surface area contributed by atoms with Crippen molar-refractivity contribution in [3.05, 3.63) is 65.2 Å². The van der Waals surface area contributed by atoms with Crippen molar-refractivity contribution in [2.45, 2.75) is 19.8 Å². The van der Waals surface area contributed by atoms with Gasteiger partial charge in [0.2, 0.25) is 0 Å². The first-order valence-electron chi connectivity index (χ1n) is 7.25. The molecule has 0 bridgehead atoms. The lowest BCUT2D eigenvalue weighted by Crippen LogP contribution is -1.84. The summed E-state index contributed by atoms with van der Waals surface area (Å²) >= 11 is 1.39. The van der Waals surface area contributed by atoms with Crippen molar-refractivity contribution in [3.63, 3.8) is 0 Å². The zero-order chi connectivity index (χ0) is 14.7. The van der Waals surface area contributed by atoms with E-state index in [2.05, 4.69) is 54.6 Å². The number of benzene rings is 2. The molecular weight excluding hydrogens is 276 g/mol. The Hall–Kier alpha value is -1.80. The Bertz CT molecular complexity index is 700. The van der Waals surface area contributed by atoms with Crippen LogP contribution in [-0.2, 0) is 11.2 Å². The number of hydrogen-bond donors (Lipinski definition) is 0. The summed E-state index contributed by atoms with van der Waals surface area (Å²) in [6, 6.07) is 15.3. The molecule has 0 N–H and O–H groups in total. The Morgan fingerprint density at radius 1 is 1.14 bits per heavy atom. The van der Waals surface area contributed by atoms with E-state index < -0.39 is 0 Å². The Kier molecular flexibility index (Phi) is 4.26. The van der Waals surface area contributed by atoms with Gasteiger partial charge in [-0.15, -0.1) is 0 Å². The van der Waals surface area contributed by atoms with E-state index in [0.717, 1.165) is 18.6 Å². The summed E-state index contributed by atoms with van der Waals surface area (Å²) in [7, 11) is 0. The minimum absolute atomic E-state index is 0.193. The third-order valence-corrected chi connectivity index (χ3v) is 4.56. The van der Waals surface area contributed by atoms with Crippen molar-refractivity contribution in [1.29, 1.82) is 0 Å². The Morgan fingerprint density at radius 2 is 1.95 bits per heavy atom. The van der Waals surface area contributed by atoms with Crippen LogP contribution in [0.5, 0.6) is 0 Å². The molecule has 106 valence electrons. The monoisotopic (exact) mass is 294 g/mol. The largest absolute Gasteiger partial charge is 0.288 e. The van der Waals surface area contributed by atoms with Crippen molar-refractivity contribution in [2.75, 3.05) is 5.75 Å². The molecule has 2 heteroatoms. The number of thioether (sulfide) groups is 1. The lowest BCUT2D eigenvalue weighted by Gasteiger charge is -2.02.